The van der Waals surface area contributed by atoms with Gasteiger partial charge in [0.2, 0.25) is 11.8 Å². The highest BCUT2D eigenvalue weighted by molar-refractivity contribution is 6.05. The number of carbonyl (C=O) groups is 3. The number of ether oxygens (including phenoxy) is 1. The molecule has 1 aliphatic rings. The molecule has 174 valence electrons. The summed E-state index contributed by atoms with van der Waals surface area (Å²) in [7, 11) is 0. The molecule has 3 aromatic carbocycles. The number of anilines is 3. The van der Waals surface area contributed by atoms with E-state index < -0.39 is 11.7 Å². The lowest BCUT2D eigenvalue weighted by Crippen LogP contribution is -2.28. The molecule has 0 radical (unpaired) electrons. The zero-order valence-corrected chi connectivity index (χ0v) is 18.6. The fourth-order valence-corrected chi connectivity index (χ4v) is 3.74. The van der Waals surface area contributed by atoms with Crippen molar-refractivity contribution >= 4 is 34.8 Å². The van der Waals surface area contributed by atoms with Crippen LogP contribution in [0.1, 0.15) is 23.7 Å². The first-order valence-electron chi connectivity index (χ1n) is 10.9. The van der Waals surface area contributed by atoms with Crippen LogP contribution in [-0.2, 0) is 9.59 Å². The average Bonchev–Trinajstić information content (AvgIpc) is 3.23. The predicted octanol–water partition coefficient (Wildman–Crippen LogP) is 4.47. The average molecular weight is 461 g/mol. The quantitative estimate of drug-likeness (QED) is 0.544. The van der Waals surface area contributed by atoms with Crippen molar-refractivity contribution in [2.24, 2.45) is 5.92 Å². The Morgan fingerprint density at radius 1 is 0.971 bits per heavy atom. The lowest BCUT2D eigenvalue weighted by Gasteiger charge is -2.17. The number of hydrogen-bond acceptors (Lipinski definition) is 4. The maximum absolute atomic E-state index is 14.0. The van der Waals surface area contributed by atoms with Crippen LogP contribution in [0, 0.1) is 11.7 Å². The summed E-state index contributed by atoms with van der Waals surface area (Å²) >= 11 is 0. The SMILES string of the molecule is CCOc1ccc(NC(=O)c2ccc(NC(=O)[C@@H]3CC(=O)N(c4ccccc4F)C3)cc2)cc1. The van der Waals surface area contributed by atoms with Crippen LogP contribution in [0.4, 0.5) is 21.5 Å². The minimum absolute atomic E-state index is 0.00272. The van der Waals surface area contributed by atoms with Crippen LogP contribution in [0.5, 0.6) is 5.75 Å². The molecule has 0 saturated carbocycles. The van der Waals surface area contributed by atoms with Gasteiger partial charge >= 0.3 is 0 Å². The van der Waals surface area contributed by atoms with Gasteiger partial charge in [0.15, 0.2) is 0 Å². The summed E-state index contributed by atoms with van der Waals surface area (Å²) in [6.07, 6.45) is 0.00272. The zero-order chi connectivity index (χ0) is 24.1. The normalized spacial score (nSPS) is 15.2. The Balaban J connectivity index is 1.34. The van der Waals surface area contributed by atoms with Gasteiger partial charge in [-0.3, -0.25) is 14.4 Å². The van der Waals surface area contributed by atoms with Crippen molar-refractivity contribution in [1.29, 1.82) is 0 Å². The minimum Gasteiger partial charge on any atom is -0.494 e. The van der Waals surface area contributed by atoms with E-state index in [1.165, 1.54) is 17.0 Å². The number of para-hydroxylation sites is 1. The summed E-state index contributed by atoms with van der Waals surface area (Å²) in [5.74, 6) is -1.30. The van der Waals surface area contributed by atoms with Crippen LogP contribution in [-0.4, -0.2) is 30.9 Å². The van der Waals surface area contributed by atoms with Crippen LogP contribution in [0.3, 0.4) is 0 Å². The molecule has 1 aliphatic heterocycles. The molecule has 8 heteroatoms. The van der Waals surface area contributed by atoms with E-state index in [4.69, 9.17) is 4.74 Å². The molecule has 1 saturated heterocycles. The molecule has 0 spiro atoms. The number of nitrogens with one attached hydrogen (secondary N) is 2. The van der Waals surface area contributed by atoms with Crippen LogP contribution >= 0.6 is 0 Å². The Labute approximate surface area is 196 Å². The van der Waals surface area contributed by atoms with Crippen LogP contribution < -0.4 is 20.3 Å². The fourth-order valence-electron chi connectivity index (χ4n) is 3.74. The lowest BCUT2D eigenvalue weighted by molar-refractivity contribution is -0.122. The summed E-state index contributed by atoms with van der Waals surface area (Å²) < 4.78 is 19.4. The number of hydrogen-bond donors (Lipinski definition) is 2. The van der Waals surface area contributed by atoms with Crippen molar-refractivity contribution in [1.82, 2.24) is 0 Å². The third kappa shape index (κ3) is 5.23. The molecular weight excluding hydrogens is 437 g/mol. The van der Waals surface area contributed by atoms with E-state index in [2.05, 4.69) is 10.6 Å². The van der Waals surface area contributed by atoms with Gasteiger partial charge in [0.1, 0.15) is 11.6 Å². The molecular formula is C26H24FN3O4. The van der Waals surface area contributed by atoms with Crippen LogP contribution in [0.2, 0.25) is 0 Å². The molecule has 1 heterocycles. The highest BCUT2D eigenvalue weighted by Gasteiger charge is 2.36. The number of benzene rings is 3. The molecule has 1 fully saturated rings. The van der Waals surface area contributed by atoms with Gasteiger partial charge in [0, 0.05) is 29.9 Å². The predicted molar refractivity (Wildman–Crippen MR) is 127 cm³/mol. The zero-order valence-electron chi connectivity index (χ0n) is 18.6. The molecule has 0 bridgehead atoms. The van der Waals surface area contributed by atoms with Gasteiger partial charge in [-0.05, 0) is 67.6 Å². The van der Waals surface area contributed by atoms with Crippen molar-refractivity contribution in [3.63, 3.8) is 0 Å². The maximum Gasteiger partial charge on any atom is 0.255 e. The first kappa shape index (κ1) is 23.0. The van der Waals surface area contributed by atoms with Crippen molar-refractivity contribution in [2.45, 2.75) is 13.3 Å². The van der Waals surface area contributed by atoms with Crippen LogP contribution in [0.15, 0.2) is 72.8 Å². The monoisotopic (exact) mass is 461 g/mol. The Morgan fingerprint density at radius 3 is 2.29 bits per heavy atom. The van der Waals surface area contributed by atoms with Gasteiger partial charge in [-0.15, -0.1) is 0 Å². The maximum atomic E-state index is 14.0. The first-order valence-corrected chi connectivity index (χ1v) is 10.9. The highest BCUT2D eigenvalue weighted by Crippen LogP contribution is 2.28. The molecule has 3 amide bonds. The van der Waals surface area contributed by atoms with Gasteiger partial charge in [-0.25, -0.2) is 4.39 Å². The molecule has 0 aromatic heterocycles. The largest absolute Gasteiger partial charge is 0.494 e. The Kier molecular flexibility index (Phi) is 6.87. The summed E-state index contributed by atoms with van der Waals surface area (Å²) in [6, 6.07) is 19.5. The summed E-state index contributed by atoms with van der Waals surface area (Å²) in [4.78, 5) is 38.8. The molecule has 2 N–H and O–H groups in total. The Bertz CT molecular complexity index is 1200. The molecule has 0 unspecified atom stereocenters. The van der Waals surface area contributed by atoms with Crippen molar-refractivity contribution in [3.8, 4) is 5.75 Å². The summed E-state index contributed by atoms with van der Waals surface area (Å²) in [5.41, 5.74) is 1.73. The number of rotatable bonds is 7. The van der Waals surface area contributed by atoms with E-state index in [0.717, 1.165) is 5.75 Å². The third-order valence-corrected chi connectivity index (χ3v) is 5.48. The first-order chi connectivity index (χ1) is 16.4. The highest BCUT2D eigenvalue weighted by atomic mass is 19.1. The standard InChI is InChI=1S/C26H24FN3O4/c1-2-34-21-13-11-20(12-14-21)28-25(32)17-7-9-19(10-8-17)29-26(33)18-15-24(31)30(16-18)23-6-4-3-5-22(23)27/h3-14,18H,2,15-16H2,1H3,(H,28,32)(H,29,33)/t18-/m1/s1. The fraction of sp³-hybridized carbons (Fsp3) is 0.192. The lowest BCUT2D eigenvalue weighted by atomic mass is 10.1. The van der Waals surface area contributed by atoms with E-state index in [1.807, 2.05) is 6.92 Å². The van der Waals surface area contributed by atoms with Gasteiger partial charge in [-0.2, -0.15) is 0 Å². The second-order valence-electron chi connectivity index (χ2n) is 7.83. The van der Waals surface area contributed by atoms with Gasteiger partial charge in [0.05, 0.1) is 18.2 Å². The number of nitrogens with zero attached hydrogens (tertiary/aromatic N) is 1. The minimum atomic E-state index is -0.602. The second kappa shape index (κ2) is 10.2. The van der Waals surface area contributed by atoms with Crippen molar-refractivity contribution < 1.29 is 23.5 Å². The second-order valence-corrected chi connectivity index (χ2v) is 7.83. The molecule has 34 heavy (non-hydrogen) atoms. The molecule has 0 aliphatic carbocycles. The van der Waals surface area contributed by atoms with Crippen LogP contribution in [0.25, 0.3) is 0 Å². The summed E-state index contributed by atoms with van der Waals surface area (Å²) in [6.45, 7) is 2.57. The molecule has 7 nitrogen and oxygen atoms in total. The third-order valence-electron chi connectivity index (χ3n) is 5.48. The summed E-state index contributed by atoms with van der Waals surface area (Å²) in [5, 5.41) is 5.57. The van der Waals surface area contributed by atoms with E-state index in [-0.39, 0.29) is 36.4 Å². The number of amides is 3. The Hall–Kier alpha value is -4.20. The topological polar surface area (TPSA) is 87.7 Å². The van der Waals surface area contributed by atoms with Gasteiger partial charge in [-0.1, -0.05) is 12.1 Å². The number of halogens is 1. The number of carbonyl (C=O) groups excluding carboxylic acids is 3. The molecule has 1 atom stereocenters. The smallest absolute Gasteiger partial charge is 0.255 e. The van der Waals surface area contributed by atoms with E-state index >= 15 is 0 Å². The van der Waals surface area contributed by atoms with E-state index in [0.29, 0.717) is 23.5 Å². The van der Waals surface area contributed by atoms with Gasteiger partial charge in [0.25, 0.3) is 5.91 Å². The van der Waals surface area contributed by atoms with E-state index in [1.54, 1.807) is 60.7 Å². The Morgan fingerprint density at radius 2 is 1.62 bits per heavy atom. The van der Waals surface area contributed by atoms with Crippen molar-refractivity contribution in [2.75, 3.05) is 28.7 Å². The van der Waals surface area contributed by atoms with E-state index in [9.17, 15) is 18.8 Å². The molecule has 3 aromatic rings. The molecule has 4 rings (SSSR count). The van der Waals surface area contributed by atoms with Crippen molar-refractivity contribution in [3.05, 3.63) is 84.2 Å². The van der Waals surface area contributed by atoms with Gasteiger partial charge < -0.3 is 20.3 Å².